The van der Waals surface area contributed by atoms with Crippen molar-refractivity contribution in [3.8, 4) is 11.5 Å². The molecule has 8 heteroatoms. The lowest BCUT2D eigenvalue weighted by atomic mass is 10.2. The summed E-state index contributed by atoms with van der Waals surface area (Å²) in [5, 5.41) is 1.93. The minimum Gasteiger partial charge on any atom is -0.486 e. The van der Waals surface area contributed by atoms with Crippen molar-refractivity contribution in [2.24, 2.45) is 0 Å². The van der Waals surface area contributed by atoms with Crippen molar-refractivity contribution >= 4 is 28.9 Å². The summed E-state index contributed by atoms with van der Waals surface area (Å²) in [5.41, 5.74) is 0.781. The second-order valence-corrected chi connectivity index (χ2v) is 7.50. The van der Waals surface area contributed by atoms with Gasteiger partial charge in [0.05, 0.1) is 12.1 Å². The first-order chi connectivity index (χ1) is 14.6. The van der Waals surface area contributed by atoms with E-state index in [-0.39, 0.29) is 5.56 Å². The summed E-state index contributed by atoms with van der Waals surface area (Å²) < 4.78 is 29.3. The van der Waals surface area contributed by atoms with Gasteiger partial charge in [-0.25, -0.2) is 9.18 Å². The van der Waals surface area contributed by atoms with E-state index in [2.05, 4.69) is 0 Å². The molecular formula is C22H18FNO5S. The number of anilines is 1. The second kappa shape index (κ2) is 8.96. The molecule has 30 heavy (non-hydrogen) atoms. The summed E-state index contributed by atoms with van der Waals surface area (Å²) >= 11 is 1.52. The highest BCUT2D eigenvalue weighted by molar-refractivity contribution is 7.09. The summed E-state index contributed by atoms with van der Waals surface area (Å²) in [6.07, 6.45) is 0. The van der Waals surface area contributed by atoms with Gasteiger partial charge in [-0.1, -0.05) is 6.07 Å². The van der Waals surface area contributed by atoms with Crippen LogP contribution in [0, 0.1) is 5.82 Å². The first-order valence-electron chi connectivity index (χ1n) is 9.25. The van der Waals surface area contributed by atoms with Gasteiger partial charge in [0, 0.05) is 16.6 Å². The predicted octanol–water partition coefficient (Wildman–Crippen LogP) is 4.05. The van der Waals surface area contributed by atoms with E-state index in [0.717, 1.165) is 17.0 Å². The Morgan fingerprint density at radius 2 is 1.80 bits per heavy atom. The van der Waals surface area contributed by atoms with Crippen LogP contribution in [0.15, 0.2) is 60.0 Å². The van der Waals surface area contributed by atoms with Gasteiger partial charge in [0.25, 0.3) is 5.91 Å². The number of carbonyl (C=O) groups excluding carboxylic acids is 2. The van der Waals surface area contributed by atoms with E-state index in [0.29, 0.717) is 36.9 Å². The second-order valence-electron chi connectivity index (χ2n) is 6.47. The maximum absolute atomic E-state index is 13.0. The molecule has 1 aliphatic rings. The molecule has 4 rings (SSSR count). The molecule has 1 amide bonds. The molecule has 0 fully saturated rings. The third-order valence-corrected chi connectivity index (χ3v) is 5.30. The zero-order valence-corrected chi connectivity index (χ0v) is 16.7. The zero-order chi connectivity index (χ0) is 20.9. The van der Waals surface area contributed by atoms with E-state index >= 15 is 0 Å². The Kier molecular flexibility index (Phi) is 5.94. The molecule has 6 nitrogen and oxygen atoms in total. The molecule has 0 N–H and O–H groups in total. The van der Waals surface area contributed by atoms with Gasteiger partial charge in [-0.15, -0.1) is 11.3 Å². The standard InChI is InChI=1S/C22H18FNO5S/c23-16-5-3-15(4-6-16)22(26)29-14-21(25)24(13-18-2-1-11-30-18)17-7-8-19-20(12-17)28-10-9-27-19/h1-8,11-12H,9-10,13-14H2. The van der Waals surface area contributed by atoms with Crippen LogP contribution >= 0.6 is 11.3 Å². The monoisotopic (exact) mass is 427 g/mol. The van der Waals surface area contributed by atoms with Gasteiger partial charge in [-0.2, -0.15) is 0 Å². The Labute approximate surface area is 176 Å². The molecule has 154 valence electrons. The zero-order valence-electron chi connectivity index (χ0n) is 15.9. The van der Waals surface area contributed by atoms with Crippen molar-refractivity contribution in [3.63, 3.8) is 0 Å². The number of thiophene rings is 1. The first kappa shape index (κ1) is 19.9. The third-order valence-electron chi connectivity index (χ3n) is 4.44. The van der Waals surface area contributed by atoms with Crippen LogP contribution in [-0.4, -0.2) is 31.7 Å². The maximum Gasteiger partial charge on any atom is 0.338 e. The fourth-order valence-electron chi connectivity index (χ4n) is 2.96. The van der Waals surface area contributed by atoms with Gasteiger partial charge in [-0.3, -0.25) is 4.79 Å². The molecule has 0 unspecified atom stereocenters. The van der Waals surface area contributed by atoms with E-state index in [1.165, 1.54) is 28.4 Å². The quantitative estimate of drug-likeness (QED) is 0.556. The van der Waals surface area contributed by atoms with Gasteiger partial charge < -0.3 is 19.1 Å². The number of hydrogen-bond acceptors (Lipinski definition) is 6. The number of fused-ring (bicyclic) bond motifs is 1. The Bertz CT molecular complexity index is 1040. The first-order valence-corrected chi connectivity index (χ1v) is 10.1. The molecule has 0 spiro atoms. The van der Waals surface area contributed by atoms with Crippen LogP contribution in [0.3, 0.4) is 0 Å². The number of halogens is 1. The molecule has 0 aliphatic carbocycles. The highest BCUT2D eigenvalue weighted by Crippen LogP contribution is 2.34. The summed E-state index contributed by atoms with van der Waals surface area (Å²) in [6.45, 7) is 0.786. The molecular weight excluding hydrogens is 409 g/mol. The van der Waals surface area contributed by atoms with Crippen LogP contribution < -0.4 is 14.4 Å². The Morgan fingerprint density at radius 1 is 1.03 bits per heavy atom. The normalized spacial score (nSPS) is 12.3. The highest BCUT2D eigenvalue weighted by atomic mass is 32.1. The summed E-state index contributed by atoms with van der Waals surface area (Å²) in [5.74, 6) is -0.359. The number of rotatable bonds is 6. The van der Waals surface area contributed by atoms with Crippen LogP contribution in [0.2, 0.25) is 0 Å². The summed E-state index contributed by atoms with van der Waals surface area (Å²) in [7, 11) is 0. The third kappa shape index (κ3) is 4.60. The summed E-state index contributed by atoms with van der Waals surface area (Å²) in [4.78, 5) is 27.6. The van der Waals surface area contributed by atoms with E-state index < -0.39 is 24.3 Å². The molecule has 1 aliphatic heterocycles. The minimum atomic E-state index is -0.693. The smallest absolute Gasteiger partial charge is 0.338 e. The van der Waals surface area contributed by atoms with Crippen molar-refractivity contribution in [2.45, 2.75) is 6.54 Å². The van der Waals surface area contributed by atoms with Crippen LogP contribution in [-0.2, 0) is 16.1 Å². The lowest BCUT2D eigenvalue weighted by molar-refractivity contribution is -0.121. The molecule has 0 bridgehead atoms. The number of hydrogen-bond donors (Lipinski definition) is 0. The van der Waals surface area contributed by atoms with Gasteiger partial charge in [0.1, 0.15) is 19.0 Å². The lowest BCUT2D eigenvalue weighted by Crippen LogP contribution is -2.34. The molecule has 0 saturated carbocycles. The molecule has 2 heterocycles. The summed E-state index contributed by atoms with van der Waals surface area (Å²) in [6, 6.07) is 14.0. The SMILES string of the molecule is O=C(OCC(=O)N(Cc1cccs1)c1ccc2c(c1)OCCO2)c1ccc(F)cc1. The van der Waals surface area contributed by atoms with Crippen LogP contribution in [0.1, 0.15) is 15.2 Å². The largest absolute Gasteiger partial charge is 0.486 e. The highest BCUT2D eigenvalue weighted by Gasteiger charge is 2.22. The van der Waals surface area contributed by atoms with Crippen LogP contribution in [0.4, 0.5) is 10.1 Å². The average Bonchev–Trinajstić information content (AvgIpc) is 3.29. The van der Waals surface area contributed by atoms with E-state index in [1.807, 2.05) is 17.5 Å². The number of amides is 1. The van der Waals surface area contributed by atoms with E-state index in [9.17, 15) is 14.0 Å². The minimum absolute atomic E-state index is 0.174. The fraction of sp³-hybridized carbons (Fsp3) is 0.182. The molecule has 0 radical (unpaired) electrons. The average molecular weight is 427 g/mol. The van der Waals surface area contributed by atoms with Crippen LogP contribution in [0.5, 0.6) is 11.5 Å². The van der Waals surface area contributed by atoms with Crippen molar-refractivity contribution in [1.82, 2.24) is 0 Å². The number of carbonyl (C=O) groups is 2. The van der Waals surface area contributed by atoms with Gasteiger partial charge >= 0.3 is 5.97 Å². The molecule has 1 aromatic heterocycles. The van der Waals surface area contributed by atoms with Gasteiger partial charge in [0.2, 0.25) is 0 Å². The van der Waals surface area contributed by atoms with Crippen molar-refractivity contribution < 1.29 is 28.2 Å². The molecule has 0 atom stereocenters. The Hall–Kier alpha value is -3.39. The fourth-order valence-corrected chi connectivity index (χ4v) is 3.65. The molecule has 2 aromatic carbocycles. The maximum atomic E-state index is 13.0. The molecule has 3 aromatic rings. The number of esters is 1. The van der Waals surface area contributed by atoms with E-state index in [4.69, 9.17) is 14.2 Å². The molecule has 0 saturated heterocycles. The number of nitrogens with zero attached hydrogens (tertiary/aromatic N) is 1. The van der Waals surface area contributed by atoms with Crippen LogP contribution in [0.25, 0.3) is 0 Å². The van der Waals surface area contributed by atoms with Gasteiger partial charge in [-0.05, 0) is 47.8 Å². The number of benzene rings is 2. The Morgan fingerprint density at radius 3 is 2.53 bits per heavy atom. The van der Waals surface area contributed by atoms with Gasteiger partial charge in [0.15, 0.2) is 18.1 Å². The van der Waals surface area contributed by atoms with E-state index in [1.54, 1.807) is 18.2 Å². The topological polar surface area (TPSA) is 65.1 Å². The van der Waals surface area contributed by atoms with Crippen molar-refractivity contribution in [1.29, 1.82) is 0 Å². The lowest BCUT2D eigenvalue weighted by Gasteiger charge is -2.25. The number of ether oxygens (including phenoxy) is 3. The van der Waals surface area contributed by atoms with Crippen molar-refractivity contribution in [3.05, 3.63) is 76.2 Å². The predicted molar refractivity (Wildman–Crippen MR) is 110 cm³/mol. The Balaban J connectivity index is 1.51. The van der Waals surface area contributed by atoms with Crippen molar-refractivity contribution in [2.75, 3.05) is 24.7 Å².